The summed E-state index contributed by atoms with van der Waals surface area (Å²) in [5.74, 6) is -7.33. The molecule has 2 saturated carbocycles. The molecule has 2 unspecified atom stereocenters. The molecule has 2 fully saturated rings. The number of anilines is 1. The first-order chi connectivity index (χ1) is 17.0. The SMILES string of the molecule is C[C@H]1CC2C[C@](O)(COS(C)(=O)=O)C1[C@@H]2S(=O)(=O)c1cc(C(=O)Nc2cc(F)c(F)c(F)c2)ccc1Cl. The first-order valence-electron chi connectivity index (χ1n) is 11.1. The maximum atomic E-state index is 13.8. The van der Waals surface area contributed by atoms with Gasteiger partial charge < -0.3 is 10.4 Å². The van der Waals surface area contributed by atoms with Crippen molar-refractivity contribution in [1.82, 2.24) is 0 Å². The third-order valence-electron chi connectivity index (χ3n) is 6.97. The molecule has 2 aliphatic rings. The zero-order chi connectivity index (χ0) is 27.5. The van der Waals surface area contributed by atoms with Crippen LogP contribution in [0.2, 0.25) is 5.02 Å². The first kappa shape index (κ1) is 27.8. The van der Waals surface area contributed by atoms with Crippen molar-refractivity contribution in [1.29, 1.82) is 0 Å². The molecule has 0 spiro atoms. The molecule has 5 atom stereocenters. The van der Waals surface area contributed by atoms with Crippen molar-refractivity contribution in [3.8, 4) is 0 Å². The minimum atomic E-state index is -4.26. The van der Waals surface area contributed by atoms with E-state index >= 15 is 0 Å². The standard InChI is InChI=1S/C23H23ClF3NO7S2/c1-11-5-13-9-23(30,10-35-36(2,31)32)19(11)21(13)37(33,34)18-6-12(3-4-15(18)24)22(29)28-14-7-16(25)20(27)17(26)8-14/h3-4,6-8,11,13,19,21,30H,5,9-10H2,1-2H3,(H,28,29)/t11-,13?,19?,21+,23-/m0/s1. The van der Waals surface area contributed by atoms with Crippen LogP contribution in [0.15, 0.2) is 35.2 Å². The van der Waals surface area contributed by atoms with Crippen molar-refractivity contribution in [2.75, 3.05) is 18.2 Å². The number of fused-ring (bicyclic) bond motifs is 2. The van der Waals surface area contributed by atoms with E-state index in [0.717, 1.165) is 12.3 Å². The highest BCUT2D eigenvalue weighted by Gasteiger charge is 2.64. The maximum absolute atomic E-state index is 13.8. The molecule has 0 aliphatic heterocycles. The number of halogens is 4. The van der Waals surface area contributed by atoms with E-state index < -0.39 is 72.6 Å². The molecule has 2 aromatic carbocycles. The van der Waals surface area contributed by atoms with Gasteiger partial charge in [0, 0.05) is 29.3 Å². The highest BCUT2D eigenvalue weighted by molar-refractivity contribution is 7.92. The van der Waals surface area contributed by atoms with Crippen LogP contribution in [-0.4, -0.2) is 51.6 Å². The summed E-state index contributed by atoms with van der Waals surface area (Å²) < 4.78 is 95.6. The summed E-state index contributed by atoms with van der Waals surface area (Å²) in [6.45, 7) is 1.16. The Labute approximate surface area is 216 Å². The van der Waals surface area contributed by atoms with Crippen molar-refractivity contribution < 1.29 is 44.1 Å². The number of carbonyl (C=O) groups excluding carboxylic acids is 1. The van der Waals surface area contributed by atoms with E-state index in [1.165, 1.54) is 12.1 Å². The van der Waals surface area contributed by atoms with Gasteiger partial charge in [0.15, 0.2) is 27.3 Å². The van der Waals surface area contributed by atoms with Gasteiger partial charge in [-0.2, -0.15) is 8.42 Å². The number of hydrogen-bond donors (Lipinski definition) is 2. The van der Waals surface area contributed by atoms with Gasteiger partial charge in [0.1, 0.15) is 0 Å². The number of amides is 1. The molecule has 2 aliphatic carbocycles. The molecule has 37 heavy (non-hydrogen) atoms. The molecule has 2 bridgehead atoms. The van der Waals surface area contributed by atoms with Gasteiger partial charge in [-0.15, -0.1) is 0 Å². The Morgan fingerprint density at radius 3 is 2.38 bits per heavy atom. The average molecular weight is 582 g/mol. The molecule has 1 amide bonds. The molecular formula is C23H23ClF3NO7S2. The minimum Gasteiger partial charge on any atom is -0.387 e. The summed E-state index contributed by atoms with van der Waals surface area (Å²) in [5.41, 5.74) is -2.30. The van der Waals surface area contributed by atoms with E-state index in [2.05, 4.69) is 5.32 Å². The number of nitrogens with one attached hydrogen (secondary N) is 1. The highest BCUT2D eigenvalue weighted by Crippen LogP contribution is 2.58. The van der Waals surface area contributed by atoms with Gasteiger partial charge in [0.05, 0.1) is 33.6 Å². The van der Waals surface area contributed by atoms with Crippen molar-refractivity contribution in [2.24, 2.45) is 17.8 Å². The number of sulfone groups is 1. The first-order valence-corrected chi connectivity index (χ1v) is 14.8. The Balaban J connectivity index is 1.65. The predicted molar refractivity (Wildman–Crippen MR) is 128 cm³/mol. The molecule has 14 heteroatoms. The van der Waals surface area contributed by atoms with E-state index in [9.17, 15) is 39.9 Å². The van der Waals surface area contributed by atoms with Gasteiger partial charge in [-0.25, -0.2) is 21.6 Å². The molecule has 0 saturated heterocycles. The molecule has 2 aromatic rings. The van der Waals surface area contributed by atoms with Gasteiger partial charge in [-0.1, -0.05) is 18.5 Å². The van der Waals surface area contributed by atoms with Gasteiger partial charge in [-0.3, -0.25) is 8.98 Å². The molecule has 202 valence electrons. The lowest BCUT2D eigenvalue weighted by Crippen LogP contribution is -2.46. The Hall–Kier alpha value is -2.19. The van der Waals surface area contributed by atoms with Crippen molar-refractivity contribution in [3.05, 3.63) is 58.4 Å². The third kappa shape index (κ3) is 5.24. The predicted octanol–water partition coefficient (Wildman–Crippen LogP) is 3.54. The van der Waals surface area contributed by atoms with E-state index in [1.54, 1.807) is 6.92 Å². The third-order valence-corrected chi connectivity index (χ3v) is 10.3. The lowest BCUT2D eigenvalue weighted by molar-refractivity contribution is -0.0623. The van der Waals surface area contributed by atoms with Crippen LogP contribution in [-0.2, 0) is 24.1 Å². The molecule has 8 nitrogen and oxygen atoms in total. The smallest absolute Gasteiger partial charge is 0.264 e. The number of benzene rings is 2. The van der Waals surface area contributed by atoms with Crippen LogP contribution in [0, 0.1) is 35.2 Å². The average Bonchev–Trinajstić information content (AvgIpc) is 3.27. The summed E-state index contributed by atoms with van der Waals surface area (Å²) in [5, 5.41) is 12.1. The Morgan fingerprint density at radius 1 is 1.16 bits per heavy atom. The van der Waals surface area contributed by atoms with Crippen molar-refractivity contribution >= 4 is 43.2 Å². The number of hydrogen-bond acceptors (Lipinski definition) is 7. The quantitative estimate of drug-likeness (QED) is 0.378. The number of aliphatic hydroxyl groups is 1. The van der Waals surface area contributed by atoms with E-state index in [-0.39, 0.29) is 33.5 Å². The fraction of sp³-hybridized carbons (Fsp3) is 0.435. The number of carbonyl (C=O) groups is 1. The fourth-order valence-corrected chi connectivity index (χ4v) is 9.06. The van der Waals surface area contributed by atoms with Crippen LogP contribution in [0.4, 0.5) is 18.9 Å². The Kier molecular flexibility index (Phi) is 7.17. The minimum absolute atomic E-state index is 0.000907. The zero-order valence-corrected chi connectivity index (χ0v) is 21.9. The summed E-state index contributed by atoms with van der Waals surface area (Å²) >= 11 is 6.21. The Bertz CT molecular complexity index is 1460. The van der Waals surface area contributed by atoms with Crippen LogP contribution < -0.4 is 5.32 Å². The second-order valence-corrected chi connectivity index (χ2v) is 13.8. The monoisotopic (exact) mass is 581 g/mol. The molecular weight excluding hydrogens is 559 g/mol. The van der Waals surface area contributed by atoms with E-state index in [4.69, 9.17) is 15.8 Å². The van der Waals surface area contributed by atoms with Crippen LogP contribution in [0.1, 0.15) is 30.1 Å². The van der Waals surface area contributed by atoms with Crippen molar-refractivity contribution in [2.45, 2.75) is 35.5 Å². The molecule has 0 aromatic heterocycles. The normalized spacial score (nSPS) is 27.4. The molecule has 2 N–H and O–H groups in total. The van der Waals surface area contributed by atoms with Crippen LogP contribution in [0.3, 0.4) is 0 Å². The highest BCUT2D eigenvalue weighted by atomic mass is 35.5. The molecule has 0 heterocycles. The van der Waals surface area contributed by atoms with Gasteiger partial charge in [0.2, 0.25) is 0 Å². The zero-order valence-electron chi connectivity index (χ0n) is 19.5. The van der Waals surface area contributed by atoms with E-state index in [1.807, 2.05) is 0 Å². The number of rotatable bonds is 7. The Morgan fingerprint density at radius 2 is 1.78 bits per heavy atom. The molecule has 4 rings (SSSR count). The largest absolute Gasteiger partial charge is 0.387 e. The van der Waals surface area contributed by atoms with E-state index in [0.29, 0.717) is 18.6 Å². The summed E-state index contributed by atoms with van der Waals surface area (Å²) in [6.07, 6.45) is 1.29. The topological polar surface area (TPSA) is 127 Å². The lowest BCUT2D eigenvalue weighted by atomic mass is 9.78. The fourth-order valence-electron chi connectivity index (χ4n) is 5.65. The second-order valence-electron chi connectivity index (χ2n) is 9.64. The lowest BCUT2D eigenvalue weighted by Gasteiger charge is -2.35. The van der Waals surface area contributed by atoms with Crippen LogP contribution >= 0.6 is 11.6 Å². The van der Waals surface area contributed by atoms with Gasteiger partial charge in [-0.05, 0) is 42.9 Å². The van der Waals surface area contributed by atoms with Gasteiger partial charge >= 0.3 is 0 Å². The van der Waals surface area contributed by atoms with Crippen LogP contribution in [0.25, 0.3) is 0 Å². The van der Waals surface area contributed by atoms with Gasteiger partial charge in [0.25, 0.3) is 16.0 Å². The summed E-state index contributed by atoms with van der Waals surface area (Å²) in [7, 11) is -8.14. The summed E-state index contributed by atoms with van der Waals surface area (Å²) in [6, 6.07) is 4.53. The summed E-state index contributed by atoms with van der Waals surface area (Å²) in [4.78, 5) is 12.3. The second kappa shape index (κ2) is 9.53. The van der Waals surface area contributed by atoms with Crippen LogP contribution in [0.5, 0.6) is 0 Å². The molecule has 0 radical (unpaired) electrons. The van der Waals surface area contributed by atoms with Crippen molar-refractivity contribution in [3.63, 3.8) is 0 Å². The maximum Gasteiger partial charge on any atom is 0.264 e.